The summed E-state index contributed by atoms with van der Waals surface area (Å²) in [5, 5.41) is 12.7. The van der Waals surface area contributed by atoms with Crippen molar-refractivity contribution in [3.8, 4) is 6.07 Å². The van der Waals surface area contributed by atoms with Gasteiger partial charge in [0.15, 0.2) is 16.9 Å². The van der Waals surface area contributed by atoms with Crippen molar-refractivity contribution in [2.75, 3.05) is 18.0 Å². The second kappa shape index (κ2) is 12.2. The number of piperidine rings is 1. The zero-order chi connectivity index (χ0) is 31.6. The highest BCUT2D eigenvalue weighted by atomic mass is 16.6. The summed E-state index contributed by atoms with van der Waals surface area (Å²) in [6, 6.07) is 17.5. The van der Waals surface area contributed by atoms with E-state index in [9.17, 15) is 24.4 Å². The number of rotatable bonds is 7. The van der Waals surface area contributed by atoms with Crippen molar-refractivity contribution < 1.29 is 14.3 Å². The van der Waals surface area contributed by atoms with Crippen molar-refractivity contribution in [2.24, 2.45) is 7.05 Å². The zero-order valence-electron chi connectivity index (χ0n) is 25.2. The highest BCUT2D eigenvalue weighted by Gasteiger charge is 2.30. The summed E-state index contributed by atoms with van der Waals surface area (Å²) in [4.78, 5) is 59.8. The molecule has 1 atom stereocenters. The van der Waals surface area contributed by atoms with Gasteiger partial charge in [-0.15, -0.1) is 0 Å². The molecule has 12 heteroatoms. The number of carbonyl (C=O) groups is 2. The van der Waals surface area contributed by atoms with Gasteiger partial charge in [-0.2, -0.15) is 10.2 Å². The highest BCUT2D eigenvalue weighted by molar-refractivity contribution is 5.96. The van der Waals surface area contributed by atoms with Crippen LogP contribution in [-0.4, -0.2) is 55.3 Å². The molecule has 3 heterocycles. The number of alkyl carbamates (subject to hydrolysis) is 1. The molecule has 0 saturated carbocycles. The second-order valence-electron chi connectivity index (χ2n) is 11.9. The quantitative estimate of drug-likeness (QED) is 0.320. The molecular formula is C32H35N7O5. The van der Waals surface area contributed by atoms with Gasteiger partial charge in [-0.1, -0.05) is 48.5 Å². The monoisotopic (exact) mass is 597 g/mol. The first-order valence-electron chi connectivity index (χ1n) is 14.5. The van der Waals surface area contributed by atoms with E-state index in [1.807, 2.05) is 11.0 Å². The number of nitrogens with one attached hydrogen (secondary N) is 1. The lowest BCUT2D eigenvalue weighted by molar-refractivity contribution is 0.0499. The van der Waals surface area contributed by atoms with Crippen LogP contribution >= 0.6 is 0 Å². The van der Waals surface area contributed by atoms with Gasteiger partial charge in [-0.25, -0.2) is 9.59 Å². The van der Waals surface area contributed by atoms with Crippen molar-refractivity contribution in [1.82, 2.24) is 24.0 Å². The minimum Gasteiger partial charge on any atom is -0.444 e. The first-order valence-corrected chi connectivity index (χ1v) is 14.5. The summed E-state index contributed by atoms with van der Waals surface area (Å²) in [7, 11) is 1.51. The third-order valence-electron chi connectivity index (χ3n) is 7.50. The van der Waals surface area contributed by atoms with Gasteiger partial charge in [0.05, 0.1) is 24.7 Å². The third kappa shape index (κ3) is 6.27. The number of aromatic nitrogens is 4. The molecule has 0 spiro atoms. The summed E-state index contributed by atoms with van der Waals surface area (Å²) in [5.74, 6) is 0.0417. The number of benzene rings is 2. The number of nitriles is 1. The number of imidazole rings is 1. The maximum absolute atomic E-state index is 14.1. The van der Waals surface area contributed by atoms with Crippen LogP contribution in [0.4, 0.5) is 10.7 Å². The SMILES string of the molecule is Cn1c(=O)n(CC(=O)c2ccccc2)c(=O)c2c1nc(N1CCCC(NC(=O)OC(C)(C)C)C1)n2Cc1ccccc1C#N. The molecule has 1 aliphatic heterocycles. The van der Waals surface area contributed by atoms with E-state index in [1.165, 1.54) is 11.6 Å². The molecule has 1 amide bonds. The number of nitrogens with zero attached hydrogens (tertiary/aromatic N) is 6. The molecule has 1 saturated heterocycles. The van der Waals surface area contributed by atoms with E-state index in [1.54, 1.807) is 73.9 Å². The van der Waals surface area contributed by atoms with Gasteiger partial charge in [0.2, 0.25) is 5.95 Å². The number of fused-ring (bicyclic) bond motifs is 1. The molecule has 1 unspecified atom stereocenters. The summed E-state index contributed by atoms with van der Waals surface area (Å²) in [6.45, 7) is 6.05. The number of hydrogen-bond donors (Lipinski definition) is 1. The maximum Gasteiger partial charge on any atom is 0.407 e. The molecule has 12 nitrogen and oxygen atoms in total. The van der Waals surface area contributed by atoms with Crippen LogP contribution in [0.3, 0.4) is 0 Å². The van der Waals surface area contributed by atoms with Crippen LogP contribution in [0.5, 0.6) is 0 Å². The molecule has 2 aromatic carbocycles. The molecule has 1 fully saturated rings. The number of ether oxygens (including phenoxy) is 1. The van der Waals surface area contributed by atoms with Crippen LogP contribution in [0.2, 0.25) is 0 Å². The van der Waals surface area contributed by atoms with Crippen LogP contribution < -0.4 is 21.5 Å². The van der Waals surface area contributed by atoms with Crippen molar-refractivity contribution >= 4 is 29.0 Å². The Bertz CT molecular complexity index is 1880. The number of hydrogen-bond acceptors (Lipinski definition) is 8. The molecule has 1 N–H and O–H groups in total. The predicted molar refractivity (Wildman–Crippen MR) is 165 cm³/mol. The van der Waals surface area contributed by atoms with Crippen LogP contribution in [0.25, 0.3) is 11.2 Å². The zero-order valence-corrected chi connectivity index (χ0v) is 25.2. The summed E-state index contributed by atoms with van der Waals surface area (Å²) >= 11 is 0. The van der Waals surface area contributed by atoms with Crippen LogP contribution in [0.15, 0.2) is 64.2 Å². The molecule has 0 bridgehead atoms. The smallest absolute Gasteiger partial charge is 0.407 e. The number of amides is 1. The summed E-state index contributed by atoms with van der Waals surface area (Å²) in [5.41, 5.74) is -0.176. The van der Waals surface area contributed by atoms with E-state index in [0.717, 1.165) is 17.4 Å². The van der Waals surface area contributed by atoms with Gasteiger partial charge in [0.1, 0.15) is 5.60 Å². The lowest BCUT2D eigenvalue weighted by Crippen LogP contribution is -2.49. The highest BCUT2D eigenvalue weighted by Crippen LogP contribution is 2.25. The van der Waals surface area contributed by atoms with Gasteiger partial charge < -0.3 is 15.0 Å². The standard InChI is InChI=1S/C32H35N7O5/c1-32(2,3)44-30(42)34-24-15-10-16-37(19-24)29-35-27-26(38(29)18-23-14-9-8-13-22(23)17-33)28(41)39(31(43)36(27)4)20-25(40)21-11-6-5-7-12-21/h5-9,11-14,24H,10,15-16,18-20H2,1-4H3,(H,34,42). The van der Waals surface area contributed by atoms with E-state index in [0.29, 0.717) is 35.7 Å². The molecule has 0 aliphatic carbocycles. The minimum atomic E-state index is -0.663. The van der Waals surface area contributed by atoms with Gasteiger partial charge >= 0.3 is 11.8 Å². The molecule has 1 aliphatic rings. The molecular weight excluding hydrogens is 562 g/mol. The van der Waals surface area contributed by atoms with Crippen molar-refractivity contribution in [2.45, 2.75) is 58.3 Å². The number of ketones is 1. The molecule has 2 aromatic heterocycles. The van der Waals surface area contributed by atoms with Crippen LogP contribution in [0, 0.1) is 11.3 Å². The topological polar surface area (TPSA) is 144 Å². The van der Waals surface area contributed by atoms with Crippen LogP contribution in [0.1, 0.15) is 55.1 Å². The normalized spacial score (nSPS) is 15.2. The van der Waals surface area contributed by atoms with Gasteiger partial charge in [-0.05, 0) is 45.2 Å². The van der Waals surface area contributed by atoms with Crippen molar-refractivity contribution in [3.63, 3.8) is 0 Å². The Hall–Kier alpha value is -5.18. The molecule has 44 heavy (non-hydrogen) atoms. The Morgan fingerprint density at radius 2 is 1.77 bits per heavy atom. The Balaban J connectivity index is 1.61. The Labute approximate surface area is 254 Å². The van der Waals surface area contributed by atoms with Gasteiger partial charge in [0, 0.05) is 31.7 Å². The fourth-order valence-electron chi connectivity index (χ4n) is 5.44. The van der Waals surface area contributed by atoms with E-state index in [-0.39, 0.29) is 29.5 Å². The number of carbonyl (C=O) groups excluding carboxylic acids is 2. The Morgan fingerprint density at radius 1 is 1.07 bits per heavy atom. The van der Waals surface area contributed by atoms with Gasteiger partial charge in [-0.3, -0.25) is 23.3 Å². The third-order valence-corrected chi connectivity index (χ3v) is 7.50. The fraction of sp³-hybridized carbons (Fsp3) is 0.375. The molecule has 4 aromatic rings. The van der Waals surface area contributed by atoms with Crippen LogP contribution in [-0.2, 0) is 24.9 Å². The molecule has 228 valence electrons. The second-order valence-corrected chi connectivity index (χ2v) is 11.9. The largest absolute Gasteiger partial charge is 0.444 e. The average Bonchev–Trinajstić information content (AvgIpc) is 3.37. The summed E-state index contributed by atoms with van der Waals surface area (Å²) in [6.07, 6.45) is 0.932. The van der Waals surface area contributed by atoms with E-state index < -0.39 is 29.5 Å². The van der Waals surface area contributed by atoms with Crippen molar-refractivity contribution in [1.29, 1.82) is 5.26 Å². The van der Waals surface area contributed by atoms with E-state index >= 15 is 0 Å². The maximum atomic E-state index is 14.1. The molecule has 5 rings (SSSR count). The molecule has 0 radical (unpaired) electrons. The number of anilines is 1. The Morgan fingerprint density at radius 3 is 2.48 bits per heavy atom. The average molecular weight is 598 g/mol. The fourth-order valence-corrected chi connectivity index (χ4v) is 5.44. The lowest BCUT2D eigenvalue weighted by atomic mass is 10.1. The first-order chi connectivity index (χ1) is 21.0. The minimum absolute atomic E-state index is 0.121. The Kier molecular flexibility index (Phi) is 8.40. The van der Waals surface area contributed by atoms with E-state index in [2.05, 4.69) is 11.4 Å². The lowest BCUT2D eigenvalue weighted by Gasteiger charge is -2.34. The van der Waals surface area contributed by atoms with Crippen molar-refractivity contribution in [3.05, 3.63) is 92.1 Å². The number of aryl methyl sites for hydroxylation is 1. The van der Waals surface area contributed by atoms with E-state index in [4.69, 9.17) is 9.72 Å². The van der Waals surface area contributed by atoms with Gasteiger partial charge in [0.25, 0.3) is 5.56 Å². The predicted octanol–water partition coefficient (Wildman–Crippen LogP) is 3.19. The first kappa shape index (κ1) is 30.3. The summed E-state index contributed by atoms with van der Waals surface area (Å²) < 4.78 is 9.35. The number of Topliss-reactive ketones (excluding diaryl/α,β-unsaturated/α-hetero) is 1.